The fraction of sp³-hybridized carbons (Fsp3) is 0.150. The number of hydrogen-bond acceptors (Lipinski definition) is 6. The van der Waals surface area contributed by atoms with Crippen molar-refractivity contribution in [3.8, 4) is 17.2 Å². The van der Waals surface area contributed by atoms with Gasteiger partial charge in [0.2, 0.25) is 11.5 Å². The van der Waals surface area contributed by atoms with E-state index in [0.29, 0.717) is 11.3 Å². The van der Waals surface area contributed by atoms with Crippen LogP contribution in [-0.4, -0.2) is 42.4 Å². The molecule has 3 aromatic rings. The Morgan fingerprint density at radius 2 is 1.59 bits per heavy atom. The van der Waals surface area contributed by atoms with Crippen molar-refractivity contribution in [1.82, 2.24) is 9.78 Å². The third kappa shape index (κ3) is 3.98. The molecule has 0 saturated heterocycles. The highest BCUT2D eigenvalue weighted by Crippen LogP contribution is 2.21. The second-order valence-electron chi connectivity index (χ2n) is 5.53. The molecule has 0 N–H and O–H groups in total. The Kier molecular flexibility index (Phi) is 5.51. The van der Waals surface area contributed by atoms with E-state index in [0.717, 1.165) is 5.69 Å². The summed E-state index contributed by atoms with van der Waals surface area (Å²) in [6.45, 7) is -0.430. The molecule has 0 bridgehead atoms. The molecule has 0 saturated carbocycles. The lowest BCUT2D eigenvalue weighted by Gasteiger charge is -2.07. The second-order valence-corrected chi connectivity index (χ2v) is 5.53. The molecule has 0 aliphatic heterocycles. The Morgan fingerprint density at radius 1 is 0.926 bits per heavy atom. The molecule has 0 fully saturated rings. The molecule has 27 heavy (non-hydrogen) atoms. The summed E-state index contributed by atoms with van der Waals surface area (Å²) >= 11 is 0. The number of Topliss-reactive ketones (excluding diaryl/α,β-unsaturated/α-hetero) is 1. The molecule has 0 spiro atoms. The molecule has 1 aromatic heterocycles. The van der Waals surface area contributed by atoms with Crippen molar-refractivity contribution in [3.05, 3.63) is 72.1 Å². The van der Waals surface area contributed by atoms with Gasteiger partial charge in [-0.15, -0.1) is 0 Å². The van der Waals surface area contributed by atoms with Crippen molar-refractivity contribution >= 4 is 11.8 Å². The lowest BCUT2D eigenvalue weighted by atomic mass is 10.1. The SMILES string of the molecule is COc1ccccc1C(=O)COC(=O)c1nn(-c2ccccc2)cc1OC. The largest absolute Gasteiger partial charge is 0.496 e. The molecule has 138 valence electrons. The molecule has 3 rings (SSSR count). The zero-order valence-corrected chi connectivity index (χ0v) is 14.9. The van der Waals surface area contributed by atoms with Crippen molar-refractivity contribution in [2.75, 3.05) is 20.8 Å². The number of aromatic nitrogens is 2. The van der Waals surface area contributed by atoms with E-state index in [4.69, 9.17) is 14.2 Å². The van der Waals surface area contributed by atoms with Gasteiger partial charge in [-0.2, -0.15) is 5.10 Å². The number of ether oxygens (including phenoxy) is 3. The summed E-state index contributed by atoms with van der Waals surface area (Å²) in [4.78, 5) is 24.7. The number of para-hydroxylation sites is 2. The number of hydrogen-bond donors (Lipinski definition) is 0. The lowest BCUT2D eigenvalue weighted by Crippen LogP contribution is -2.16. The van der Waals surface area contributed by atoms with Gasteiger partial charge in [-0.25, -0.2) is 9.48 Å². The normalized spacial score (nSPS) is 10.3. The second kappa shape index (κ2) is 8.18. The maximum atomic E-state index is 12.4. The molecular formula is C20H18N2O5. The molecule has 1 heterocycles. The third-order valence-electron chi connectivity index (χ3n) is 3.86. The van der Waals surface area contributed by atoms with Crippen LogP contribution in [0, 0.1) is 0 Å². The van der Waals surface area contributed by atoms with Gasteiger partial charge < -0.3 is 14.2 Å². The fourth-order valence-corrected chi connectivity index (χ4v) is 2.51. The molecule has 0 radical (unpaired) electrons. The number of methoxy groups -OCH3 is 2. The van der Waals surface area contributed by atoms with Gasteiger partial charge >= 0.3 is 5.97 Å². The molecule has 0 unspecified atom stereocenters. The third-order valence-corrected chi connectivity index (χ3v) is 3.86. The average molecular weight is 366 g/mol. The predicted octanol–water partition coefficient (Wildman–Crippen LogP) is 2.93. The van der Waals surface area contributed by atoms with Gasteiger partial charge in [0.1, 0.15) is 5.75 Å². The summed E-state index contributed by atoms with van der Waals surface area (Å²) in [6, 6.07) is 16.0. The first-order valence-electron chi connectivity index (χ1n) is 8.16. The Labute approximate surface area is 156 Å². The van der Waals surface area contributed by atoms with Gasteiger partial charge in [-0.1, -0.05) is 30.3 Å². The Bertz CT molecular complexity index is 950. The van der Waals surface area contributed by atoms with Crippen LogP contribution in [0.5, 0.6) is 11.5 Å². The van der Waals surface area contributed by atoms with Crippen LogP contribution in [0.1, 0.15) is 20.8 Å². The first-order chi connectivity index (χ1) is 13.1. The lowest BCUT2D eigenvalue weighted by molar-refractivity contribution is 0.0464. The standard InChI is InChI=1S/C20H18N2O5/c1-25-17-11-7-6-10-15(17)16(23)13-27-20(24)19-18(26-2)12-22(21-19)14-8-4-3-5-9-14/h3-12H,13H2,1-2H3. The summed E-state index contributed by atoms with van der Waals surface area (Å²) in [5.41, 5.74) is 1.10. The van der Waals surface area contributed by atoms with Crippen LogP contribution >= 0.6 is 0 Å². The number of benzene rings is 2. The molecule has 7 heteroatoms. The van der Waals surface area contributed by atoms with Crippen LogP contribution in [0.4, 0.5) is 0 Å². The smallest absolute Gasteiger partial charge is 0.363 e. The molecule has 2 aromatic carbocycles. The molecular weight excluding hydrogens is 348 g/mol. The van der Waals surface area contributed by atoms with Gasteiger partial charge in [-0.3, -0.25) is 4.79 Å². The minimum Gasteiger partial charge on any atom is -0.496 e. The predicted molar refractivity (Wildman–Crippen MR) is 97.7 cm³/mol. The van der Waals surface area contributed by atoms with Crippen LogP contribution < -0.4 is 9.47 Å². The number of rotatable bonds is 7. The van der Waals surface area contributed by atoms with E-state index in [1.807, 2.05) is 30.3 Å². The molecule has 0 atom stereocenters. The van der Waals surface area contributed by atoms with Crippen molar-refractivity contribution in [2.24, 2.45) is 0 Å². The minimum absolute atomic E-state index is 0.00539. The topological polar surface area (TPSA) is 79.7 Å². The van der Waals surface area contributed by atoms with Crippen molar-refractivity contribution in [2.45, 2.75) is 0 Å². The van der Waals surface area contributed by atoms with Gasteiger partial charge in [-0.05, 0) is 24.3 Å². The number of carbonyl (C=O) groups is 2. The Hall–Kier alpha value is -3.61. The summed E-state index contributed by atoms with van der Waals surface area (Å²) < 4.78 is 17.0. The first kappa shape index (κ1) is 18.2. The zero-order chi connectivity index (χ0) is 19.2. The van der Waals surface area contributed by atoms with E-state index in [1.54, 1.807) is 30.5 Å². The average Bonchev–Trinajstić information content (AvgIpc) is 3.17. The van der Waals surface area contributed by atoms with E-state index in [1.165, 1.54) is 18.9 Å². The van der Waals surface area contributed by atoms with E-state index in [9.17, 15) is 9.59 Å². The first-order valence-corrected chi connectivity index (χ1v) is 8.16. The molecule has 0 amide bonds. The summed E-state index contributed by atoms with van der Waals surface area (Å²) in [5, 5.41) is 4.22. The van der Waals surface area contributed by atoms with Crippen molar-refractivity contribution in [3.63, 3.8) is 0 Å². The summed E-state index contributed by atoms with van der Waals surface area (Å²) in [6.07, 6.45) is 1.58. The number of carbonyl (C=O) groups excluding carboxylic acids is 2. The van der Waals surface area contributed by atoms with E-state index in [-0.39, 0.29) is 17.2 Å². The van der Waals surface area contributed by atoms with Gasteiger partial charge in [0.15, 0.2) is 12.4 Å². The van der Waals surface area contributed by atoms with Crippen LogP contribution in [0.3, 0.4) is 0 Å². The van der Waals surface area contributed by atoms with Gasteiger partial charge in [0, 0.05) is 0 Å². The highest BCUT2D eigenvalue weighted by atomic mass is 16.5. The number of ketones is 1. The highest BCUT2D eigenvalue weighted by molar-refractivity contribution is 6.01. The minimum atomic E-state index is -0.746. The van der Waals surface area contributed by atoms with Crippen LogP contribution in [0.15, 0.2) is 60.8 Å². The van der Waals surface area contributed by atoms with E-state index < -0.39 is 12.6 Å². The Morgan fingerprint density at radius 3 is 2.30 bits per heavy atom. The summed E-state index contributed by atoms with van der Waals surface area (Å²) in [5.74, 6) is -0.440. The molecule has 7 nitrogen and oxygen atoms in total. The number of esters is 1. The maximum absolute atomic E-state index is 12.4. The van der Waals surface area contributed by atoms with E-state index in [2.05, 4.69) is 5.10 Å². The van der Waals surface area contributed by atoms with Crippen molar-refractivity contribution < 1.29 is 23.8 Å². The fourth-order valence-electron chi connectivity index (χ4n) is 2.51. The van der Waals surface area contributed by atoms with E-state index >= 15 is 0 Å². The van der Waals surface area contributed by atoms with Crippen LogP contribution in [0.2, 0.25) is 0 Å². The van der Waals surface area contributed by atoms with Gasteiger partial charge in [0.25, 0.3) is 0 Å². The van der Waals surface area contributed by atoms with Crippen LogP contribution in [0.25, 0.3) is 5.69 Å². The van der Waals surface area contributed by atoms with Crippen LogP contribution in [-0.2, 0) is 4.74 Å². The molecule has 0 aliphatic carbocycles. The zero-order valence-electron chi connectivity index (χ0n) is 14.9. The number of nitrogens with zero attached hydrogens (tertiary/aromatic N) is 2. The maximum Gasteiger partial charge on any atom is 0.363 e. The quantitative estimate of drug-likeness (QED) is 0.472. The summed E-state index contributed by atoms with van der Waals surface area (Å²) in [7, 11) is 2.91. The van der Waals surface area contributed by atoms with Gasteiger partial charge in [0.05, 0.1) is 31.7 Å². The Balaban J connectivity index is 1.74. The monoisotopic (exact) mass is 366 g/mol. The highest BCUT2D eigenvalue weighted by Gasteiger charge is 2.22. The van der Waals surface area contributed by atoms with Crippen molar-refractivity contribution in [1.29, 1.82) is 0 Å². The molecule has 0 aliphatic rings.